The van der Waals surface area contributed by atoms with Crippen LogP contribution in [0.15, 0.2) is 0 Å². The van der Waals surface area contributed by atoms with Gasteiger partial charge >= 0.3 is 89.9 Å². The van der Waals surface area contributed by atoms with E-state index < -0.39 is 193 Å². The Morgan fingerprint density at radius 2 is 0.391 bits per heavy atom. The lowest BCUT2D eigenvalue weighted by molar-refractivity contribution is -0.158. The van der Waals surface area contributed by atoms with E-state index >= 15 is 0 Å². The van der Waals surface area contributed by atoms with E-state index in [0.717, 1.165) is 16.7 Å². The number of carbonyl (C=O) groups is 15. The molecule has 3 saturated heterocycles. The Bertz CT molecular complexity index is 3670. The minimum absolute atomic E-state index is 0.0636. The van der Waals surface area contributed by atoms with Gasteiger partial charge in [0, 0.05) is 151 Å². The van der Waals surface area contributed by atoms with Gasteiger partial charge in [-0.3, -0.25) is 43.2 Å². The summed E-state index contributed by atoms with van der Waals surface area (Å²) in [6, 6.07) is -9.15. The largest absolute Gasteiger partial charge is 0.460 e. The van der Waals surface area contributed by atoms with Gasteiger partial charge in [-0.2, -0.15) is 0 Å². The molecule has 0 aliphatic carbocycles. The zero-order valence-electron chi connectivity index (χ0n) is 88.5. The van der Waals surface area contributed by atoms with Crippen molar-refractivity contribution >= 4 is 89.9 Å². The van der Waals surface area contributed by atoms with Gasteiger partial charge in [0.1, 0.15) is 50.4 Å². The summed E-state index contributed by atoms with van der Waals surface area (Å²) in [5, 5.41) is 27.2. The van der Waals surface area contributed by atoms with E-state index in [1.165, 1.54) is 14.7 Å². The molecule has 0 radical (unpaired) electrons. The van der Waals surface area contributed by atoms with Crippen LogP contribution in [0.3, 0.4) is 0 Å². The maximum atomic E-state index is 14.9. The first-order valence-corrected chi connectivity index (χ1v) is 48.8. The lowest BCUT2D eigenvalue weighted by atomic mass is 9.83. The van der Waals surface area contributed by atoms with Gasteiger partial charge in [-0.15, -0.1) is 0 Å². The fraction of sp³-hybridized carbons (Fsp3) is 0.788. The average Bonchev–Trinajstić information content (AvgIpc) is 0.890. The number of benzene rings is 1. The van der Waals surface area contributed by atoms with Crippen molar-refractivity contribution < 1.29 is 115 Å². The molecule has 1 aromatic rings. The predicted molar refractivity (Wildman–Crippen MR) is 520 cm³/mol. The molecule has 6 atom stereocenters. The van der Waals surface area contributed by atoms with Crippen LogP contribution in [0.1, 0.15) is 357 Å². The van der Waals surface area contributed by atoms with Crippen LogP contribution in [0.25, 0.3) is 0 Å². The first kappa shape index (κ1) is 120. The number of amides is 12. The number of hydrogen-bond donors (Lipinski definition) is 12. The number of likely N-dealkylation sites (tertiary alicyclic amines) is 3. The quantitative estimate of drug-likeness (QED) is 0.0214. The number of nitrogens with two attached hydrogens (primary N) is 3. The van der Waals surface area contributed by atoms with Gasteiger partial charge in [0.2, 0.25) is 0 Å². The zero-order chi connectivity index (χ0) is 105. The Balaban J connectivity index is 1.80. The molecule has 12 amide bonds. The lowest BCUT2D eigenvalue weighted by Gasteiger charge is -2.37. The molecule has 786 valence electrons. The summed E-state index contributed by atoms with van der Waals surface area (Å²) >= 11 is 0. The number of ether oxygens (including phenoxy) is 9. The Kier molecular flexibility index (Phi) is 43.9. The van der Waals surface area contributed by atoms with Gasteiger partial charge in [-0.05, 0) is 297 Å². The molecule has 3 aliphatic rings. The number of hydrogen-bond acceptors (Lipinski definition) is 27. The van der Waals surface area contributed by atoms with E-state index in [2.05, 4.69) is 47.9 Å². The Morgan fingerprint density at radius 3 is 0.522 bits per heavy atom. The molecule has 3 heterocycles. The van der Waals surface area contributed by atoms with Crippen LogP contribution in [0.5, 0.6) is 0 Å². The molecule has 0 spiro atoms. The molecule has 0 unspecified atom stereocenters. The average molecular weight is 1960 g/mol. The summed E-state index contributed by atoms with van der Waals surface area (Å²) in [4.78, 5) is 214. The van der Waals surface area contributed by atoms with Crippen molar-refractivity contribution in [3.05, 3.63) is 33.4 Å². The molecular formula is C99H171N15O24. The van der Waals surface area contributed by atoms with Crippen LogP contribution < -0.4 is 65.1 Å². The van der Waals surface area contributed by atoms with E-state index in [-0.39, 0.29) is 174 Å². The fourth-order valence-corrected chi connectivity index (χ4v) is 16.8. The summed E-state index contributed by atoms with van der Waals surface area (Å²) in [6.07, 6.45) is -1.49. The molecule has 1 aromatic carbocycles. The van der Waals surface area contributed by atoms with E-state index in [0.29, 0.717) is 36.0 Å². The number of urea groups is 6. The van der Waals surface area contributed by atoms with Crippen molar-refractivity contribution in [1.29, 1.82) is 0 Å². The van der Waals surface area contributed by atoms with Gasteiger partial charge in [0.05, 0.1) is 18.1 Å². The Labute approximate surface area is 818 Å². The first-order valence-electron chi connectivity index (χ1n) is 48.8. The van der Waals surface area contributed by atoms with Crippen molar-refractivity contribution in [2.45, 2.75) is 465 Å². The summed E-state index contributed by atoms with van der Waals surface area (Å²) < 4.78 is 51.1. The Hall–Kier alpha value is -10.0. The summed E-state index contributed by atoms with van der Waals surface area (Å²) in [5.41, 5.74) is 12.6. The van der Waals surface area contributed by atoms with Crippen LogP contribution in [0, 0.1) is 0 Å². The molecule has 3 fully saturated rings. The summed E-state index contributed by atoms with van der Waals surface area (Å²) in [6.45, 7) is 51.0. The SMILES string of the molecule is CCc1c(CNC(=O)N[C@@H]2CN(C(=O)NC(CCC(=O)OC(C)(C)C)(CCC(=O)OC(C)(C)C)CCC(=O)OC(C)(C)C)C[C@H]2N)c(CC)c(CNC(=O)N[C@@H]2CN(C(=O)NC(CCC(=O)OC(C)(C)C)(CCC(=O)OC(C)(C)C)CCC(=O)OC(C)(C)C)C[C@H]2N)c(CC)c1CNC(=O)N[C@@H]1CN(C(=O)NC(CCC(=O)OC(C)(C)C)(CCC(=O)OC(C)(C)C)CCC(=O)OC(C)(C)C)C[C@H]1N. The second kappa shape index (κ2) is 50.4. The maximum absolute atomic E-state index is 14.9. The van der Waals surface area contributed by atoms with Gasteiger partial charge in [-0.1, -0.05) is 20.8 Å². The van der Waals surface area contributed by atoms with Crippen LogP contribution in [-0.2, 0) is 125 Å². The molecule has 15 N–H and O–H groups in total. The molecule has 39 heteroatoms. The first-order chi connectivity index (χ1) is 63.0. The van der Waals surface area contributed by atoms with Crippen molar-refractivity contribution in [3.8, 4) is 0 Å². The van der Waals surface area contributed by atoms with Crippen LogP contribution in [-0.4, -0.2) is 247 Å². The second-order valence-electron chi connectivity index (χ2n) is 45.8. The summed E-state index contributed by atoms with van der Waals surface area (Å²) in [5.74, 6) is -5.26. The van der Waals surface area contributed by atoms with Crippen LogP contribution >= 0.6 is 0 Å². The zero-order valence-corrected chi connectivity index (χ0v) is 88.5. The second-order valence-corrected chi connectivity index (χ2v) is 45.8. The van der Waals surface area contributed by atoms with Crippen LogP contribution in [0.4, 0.5) is 28.8 Å². The minimum Gasteiger partial charge on any atom is -0.460 e. The van der Waals surface area contributed by atoms with Gasteiger partial charge < -0.3 is 122 Å². The van der Waals surface area contributed by atoms with Gasteiger partial charge in [0.15, 0.2) is 0 Å². The van der Waals surface area contributed by atoms with Crippen molar-refractivity contribution in [1.82, 2.24) is 62.6 Å². The normalized spacial score (nSPS) is 17.5. The molecule has 3 aliphatic heterocycles. The minimum atomic E-state index is -1.40. The van der Waals surface area contributed by atoms with Crippen molar-refractivity contribution in [2.75, 3.05) is 39.3 Å². The highest BCUT2D eigenvalue weighted by molar-refractivity contribution is 5.82. The molecule has 0 bridgehead atoms. The molecule has 4 rings (SSSR count). The number of rotatable bonds is 42. The van der Waals surface area contributed by atoms with Crippen molar-refractivity contribution in [3.63, 3.8) is 0 Å². The van der Waals surface area contributed by atoms with Crippen LogP contribution in [0.2, 0.25) is 0 Å². The maximum Gasteiger partial charge on any atom is 0.317 e. The highest BCUT2D eigenvalue weighted by atomic mass is 16.6. The molecule has 0 aromatic heterocycles. The third-order valence-electron chi connectivity index (χ3n) is 22.6. The highest BCUT2D eigenvalue weighted by Crippen LogP contribution is 2.36. The van der Waals surface area contributed by atoms with Gasteiger partial charge in [0.25, 0.3) is 0 Å². The molecule has 138 heavy (non-hydrogen) atoms. The fourth-order valence-electron chi connectivity index (χ4n) is 16.8. The van der Waals surface area contributed by atoms with E-state index in [9.17, 15) is 71.9 Å². The standard InChI is InChI=1S/C99H171N15O24/c1-31-61-64(52-103-82(124)106-70-58-112(55-67(70)100)85(127)109-97(43-34-73(115)130-88(4,5)6,44-35-74(116)131-89(7,8)9)45-36-75(117)132-90(10,11)12)62(32-2)66(54-105-84(126)108-72-60-114(57-69(72)102)87(129)111-99(49-40-79(121)136-94(22,23)24,50-41-80(122)137-95(25,26)27)51-42-81(123)138-96(28,29)30)63(33-3)65(61)53-104-83(125)107-71-59-113(56-68(71)101)86(128)110-98(46-37-76(118)133-91(13,14)15,47-38-77(119)134-92(16,17)18)48-39-78(120)135-93(19,20)21/h67-72H,31-60,100-102H2,1-30H3,(H,109,127)(H,110,128)(H,111,129)(H2,103,106,124)(H2,104,107,125)(H2,105,108,126)/t67-,68-,69-,70-,71-,72-/m1/s1. The van der Waals surface area contributed by atoms with Gasteiger partial charge in [-0.25, -0.2) is 28.8 Å². The topological polar surface area (TPSA) is 535 Å². The Morgan fingerprint density at radius 1 is 0.246 bits per heavy atom. The predicted octanol–water partition coefficient (Wildman–Crippen LogP) is 11.2. The molecular weight excluding hydrogens is 1780 g/mol. The lowest BCUT2D eigenvalue weighted by Crippen LogP contribution is -2.54. The number of nitrogens with one attached hydrogen (secondary N) is 9. The number of carbonyl (C=O) groups excluding carboxylic acids is 15. The van der Waals surface area contributed by atoms with E-state index in [1.807, 2.05) is 20.8 Å². The number of esters is 9. The third kappa shape index (κ3) is 45.0. The molecule has 39 nitrogen and oxygen atoms in total. The monoisotopic (exact) mass is 1950 g/mol. The van der Waals surface area contributed by atoms with E-state index in [1.54, 1.807) is 187 Å². The molecule has 0 saturated carbocycles. The third-order valence-corrected chi connectivity index (χ3v) is 22.6. The number of nitrogens with zero attached hydrogens (tertiary/aromatic N) is 3. The highest BCUT2D eigenvalue weighted by Gasteiger charge is 2.46. The van der Waals surface area contributed by atoms with Crippen molar-refractivity contribution in [2.24, 2.45) is 17.2 Å². The smallest absolute Gasteiger partial charge is 0.317 e. The van der Waals surface area contributed by atoms with E-state index in [4.69, 9.17) is 59.8 Å². The summed E-state index contributed by atoms with van der Waals surface area (Å²) in [7, 11) is 0.